The van der Waals surface area contributed by atoms with Crippen molar-refractivity contribution in [1.29, 1.82) is 0 Å². The molecular weight excluding hydrogens is 208 g/mol. The number of nitrogens with one attached hydrogen (secondary N) is 1. The number of hydrogen-bond donors (Lipinski definition) is 1. The summed E-state index contributed by atoms with van der Waals surface area (Å²) in [4.78, 5) is 24.0. The molecule has 6 heteroatoms. The highest BCUT2D eigenvalue weighted by Crippen LogP contribution is 2.15. The molecule has 0 fully saturated rings. The van der Waals surface area contributed by atoms with Gasteiger partial charge in [0.05, 0.1) is 5.52 Å². The van der Waals surface area contributed by atoms with E-state index in [4.69, 9.17) is 0 Å². The molecule has 4 nitrogen and oxygen atoms in total. The number of benzene rings is 1. The van der Waals surface area contributed by atoms with E-state index < -0.39 is 18.0 Å². The van der Waals surface area contributed by atoms with Crippen molar-refractivity contribution in [2.24, 2.45) is 0 Å². The standard InChI is InChI=1S/C9H5F2NO3/c10-8(11)7(13)4-1-2-5-6(3-4)15-9(14)12-5/h1-3,8H,(H,12,14). The van der Waals surface area contributed by atoms with Crippen LogP contribution in [-0.2, 0) is 0 Å². The number of alkyl halides is 2. The third-order valence-corrected chi connectivity index (χ3v) is 1.90. The molecule has 0 atom stereocenters. The lowest BCUT2D eigenvalue weighted by Crippen LogP contribution is -2.09. The highest BCUT2D eigenvalue weighted by molar-refractivity contribution is 6.00. The van der Waals surface area contributed by atoms with Crippen LogP contribution in [-0.4, -0.2) is 17.2 Å². The van der Waals surface area contributed by atoms with Gasteiger partial charge in [-0.15, -0.1) is 0 Å². The van der Waals surface area contributed by atoms with E-state index in [0.717, 1.165) is 6.07 Å². The SMILES string of the molecule is O=C(c1ccc2[nH]c(=O)oc2c1)C(F)F. The first kappa shape index (κ1) is 9.57. The topological polar surface area (TPSA) is 63.1 Å². The summed E-state index contributed by atoms with van der Waals surface area (Å²) in [7, 11) is 0. The lowest BCUT2D eigenvalue weighted by molar-refractivity contribution is 0.0679. The van der Waals surface area contributed by atoms with Gasteiger partial charge in [0.25, 0.3) is 0 Å². The Balaban J connectivity index is 2.55. The van der Waals surface area contributed by atoms with E-state index in [9.17, 15) is 18.4 Å². The Bertz CT molecular complexity index is 570. The summed E-state index contributed by atoms with van der Waals surface area (Å²) in [5.74, 6) is -1.98. The molecule has 1 aromatic carbocycles. The molecule has 78 valence electrons. The van der Waals surface area contributed by atoms with Crippen molar-refractivity contribution in [3.8, 4) is 0 Å². The number of carbonyl (C=O) groups excluding carboxylic acids is 1. The smallest absolute Gasteiger partial charge is 0.408 e. The number of halogens is 2. The molecule has 0 saturated heterocycles. The van der Waals surface area contributed by atoms with Crippen molar-refractivity contribution in [3.05, 3.63) is 34.3 Å². The van der Waals surface area contributed by atoms with Crippen molar-refractivity contribution in [2.75, 3.05) is 0 Å². The maximum atomic E-state index is 12.1. The van der Waals surface area contributed by atoms with Crippen LogP contribution in [0.4, 0.5) is 8.78 Å². The van der Waals surface area contributed by atoms with Gasteiger partial charge in [-0.3, -0.25) is 9.78 Å². The van der Waals surface area contributed by atoms with E-state index in [1.165, 1.54) is 12.1 Å². The van der Waals surface area contributed by atoms with Crippen molar-refractivity contribution in [1.82, 2.24) is 4.98 Å². The van der Waals surface area contributed by atoms with E-state index in [2.05, 4.69) is 9.40 Å². The highest BCUT2D eigenvalue weighted by Gasteiger charge is 2.18. The average molecular weight is 213 g/mol. The average Bonchev–Trinajstić information content (AvgIpc) is 2.55. The zero-order chi connectivity index (χ0) is 11.0. The first-order valence-electron chi connectivity index (χ1n) is 4.03. The van der Waals surface area contributed by atoms with Gasteiger partial charge < -0.3 is 4.42 Å². The van der Waals surface area contributed by atoms with Crippen molar-refractivity contribution in [2.45, 2.75) is 6.43 Å². The number of H-pyrrole nitrogens is 1. The van der Waals surface area contributed by atoms with Gasteiger partial charge in [0.1, 0.15) is 0 Å². The first-order chi connectivity index (χ1) is 7.08. The molecule has 0 bridgehead atoms. The Morgan fingerprint density at radius 1 is 1.40 bits per heavy atom. The van der Waals surface area contributed by atoms with Crippen LogP contribution in [0.5, 0.6) is 0 Å². The maximum Gasteiger partial charge on any atom is 0.417 e. The fourth-order valence-corrected chi connectivity index (χ4v) is 1.22. The fourth-order valence-electron chi connectivity index (χ4n) is 1.22. The van der Waals surface area contributed by atoms with Gasteiger partial charge >= 0.3 is 12.2 Å². The third kappa shape index (κ3) is 1.65. The monoisotopic (exact) mass is 213 g/mol. The van der Waals surface area contributed by atoms with Crippen LogP contribution in [0.25, 0.3) is 11.1 Å². The minimum atomic E-state index is -3.06. The predicted molar refractivity (Wildman–Crippen MR) is 47.2 cm³/mol. The minimum absolute atomic E-state index is 0.0894. The van der Waals surface area contributed by atoms with Crippen LogP contribution >= 0.6 is 0 Å². The Hall–Kier alpha value is -1.98. The Kier molecular flexibility index (Phi) is 2.11. The number of oxazole rings is 1. The molecule has 0 unspecified atom stereocenters. The molecule has 0 aliphatic carbocycles. The van der Waals surface area contributed by atoms with Crippen molar-refractivity contribution < 1.29 is 18.0 Å². The van der Waals surface area contributed by atoms with Crippen LogP contribution in [0.3, 0.4) is 0 Å². The zero-order valence-electron chi connectivity index (χ0n) is 7.29. The quantitative estimate of drug-likeness (QED) is 0.770. The summed E-state index contributed by atoms with van der Waals surface area (Å²) in [5, 5.41) is 0. The van der Waals surface area contributed by atoms with Gasteiger partial charge in [0.2, 0.25) is 5.78 Å². The molecule has 2 rings (SSSR count). The molecule has 0 spiro atoms. The van der Waals surface area contributed by atoms with Gasteiger partial charge in [-0.25, -0.2) is 13.6 Å². The Morgan fingerprint density at radius 2 is 2.13 bits per heavy atom. The van der Waals surface area contributed by atoms with Crippen LogP contribution in [0, 0.1) is 0 Å². The largest absolute Gasteiger partial charge is 0.417 e. The van der Waals surface area contributed by atoms with Gasteiger partial charge in [-0.1, -0.05) is 0 Å². The van der Waals surface area contributed by atoms with Crippen molar-refractivity contribution in [3.63, 3.8) is 0 Å². The van der Waals surface area contributed by atoms with E-state index in [1.807, 2.05) is 0 Å². The van der Waals surface area contributed by atoms with Gasteiger partial charge in [0.15, 0.2) is 5.58 Å². The predicted octanol–water partition coefficient (Wildman–Crippen LogP) is 1.57. The number of Topliss-reactive ketones (excluding diaryl/α,β-unsaturated/α-hetero) is 1. The number of rotatable bonds is 2. The lowest BCUT2D eigenvalue weighted by Gasteiger charge is -1.97. The zero-order valence-corrected chi connectivity index (χ0v) is 7.29. The summed E-state index contributed by atoms with van der Waals surface area (Å²) >= 11 is 0. The van der Waals surface area contributed by atoms with Gasteiger partial charge in [-0.2, -0.15) is 0 Å². The van der Waals surface area contributed by atoms with Crippen LogP contribution in [0.15, 0.2) is 27.4 Å². The van der Waals surface area contributed by atoms with E-state index >= 15 is 0 Å². The molecule has 0 amide bonds. The van der Waals surface area contributed by atoms with Crippen LogP contribution in [0.1, 0.15) is 10.4 Å². The Morgan fingerprint density at radius 3 is 2.80 bits per heavy atom. The summed E-state index contributed by atoms with van der Waals surface area (Å²) < 4.78 is 28.8. The van der Waals surface area contributed by atoms with Crippen molar-refractivity contribution >= 4 is 16.9 Å². The second-order valence-electron chi connectivity index (χ2n) is 2.89. The molecule has 0 aliphatic heterocycles. The summed E-state index contributed by atoms with van der Waals surface area (Å²) in [6.45, 7) is 0. The summed E-state index contributed by atoms with van der Waals surface area (Å²) in [6.07, 6.45) is -3.06. The van der Waals surface area contributed by atoms with Gasteiger partial charge in [0, 0.05) is 5.56 Å². The molecule has 15 heavy (non-hydrogen) atoms. The van der Waals surface area contributed by atoms with E-state index in [1.54, 1.807) is 0 Å². The second-order valence-corrected chi connectivity index (χ2v) is 2.89. The number of fused-ring (bicyclic) bond motifs is 1. The number of hydrogen-bond acceptors (Lipinski definition) is 3. The van der Waals surface area contributed by atoms with Crippen LogP contribution < -0.4 is 5.76 Å². The molecule has 2 aromatic rings. The van der Waals surface area contributed by atoms with E-state index in [0.29, 0.717) is 5.52 Å². The van der Waals surface area contributed by atoms with Gasteiger partial charge in [-0.05, 0) is 18.2 Å². The molecule has 0 aliphatic rings. The minimum Gasteiger partial charge on any atom is -0.408 e. The number of carbonyl (C=O) groups is 1. The first-order valence-corrected chi connectivity index (χ1v) is 4.03. The number of aromatic amines is 1. The highest BCUT2D eigenvalue weighted by atomic mass is 19.3. The lowest BCUT2D eigenvalue weighted by atomic mass is 10.1. The molecular formula is C9H5F2NO3. The molecule has 0 radical (unpaired) electrons. The normalized spacial score (nSPS) is 11.1. The second kappa shape index (κ2) is 3.30. The number of ketones is 1. The molecule has 0 saturated carbocycles. The fraction of sp³-hybridized carbons (Fsp3) is 0.111. The van der Waals surface area contributed by atoms with E-state index in [-0.39, 0.29) is 11.1 Å². The maximum absolute atomic E-state index is 12.1. The molecule has 1 heterocycles. The number of aromatic nitrogens is 1. The molecule has 1 N–H and O–H groups in total. The summed E-state index contributed by atoms with van der Waals surface area (Å²) in [6, 6.07) is 3.67. The Labute approximate surface area is 81.5 Å². The summed E-state index contributed by atoms with van der Waals surface area (Å²) in [5.41, 5.74) is 0.276. The van der Waals surface area contributed by atoms with Crippen LogP contribution in [0.2, 0.25) is 0 Å². The third-order valence-electron chi connectivity index (χ3n) is 1.90. The molecule has 1 aromatic heterocycles.